The second kappa shape index (κ2) is 9.90. The predicted molar refractivity (Wildman–Crippen MR) is 143 cm³/mol. The molecule has 0 aliphatic heterocycles. The van der Waals surface area contributed by atoms with Gasteiger partial charge in [0.05, 0.1) is 33.9 Å². The molecular weight excluding hydrogens is 474 g/mol. The maximum absolute atomic E-state index is 11.7. The number of hydrogen-bond acceptors (Lipinski definition) is 8. The molecule has 0 bridgehead atoms. The van der Waals surface area contributed by atoms with Crippen LogP contribution >= 0.6 is 11.3 Å². The number of nitrogens with one attached hydrogen (secondary N) is 2. The van der Waals surface area contributed by atoms with E-state index < -0.39 is 0 Å². The van der Waals surface area contributed by atoms with Crippen LogP contribution in [-0.2, 0) is 22.5 Å². The van der Waals surface area contributed by atoms with Crippen molar-refractivity contribution >= 4 is 34.4 Å². The molecule has 0 fully saturated rings. The summed E-state index contributed by atoms with van der Waals surface area (Å²) in [6.45, 7) is 5.66. The van der Waals surface area contributed by atoms with E-state index in [1.165, 1.54) is 25.4 Å². The van der Waals surface area contributed by atoms with Gasteiger partial charge in [-0.1, -0.05) is 28.6 Å². The molecule has 10 heteroatoms. The zero-order valence-corrected chi connectivity index (χ0v) is 21.4. The van der Waals surface area contributed by atoms with Crippen LogP contribution < -0.4 is 10.6 Å². The lowest BCUT2D eigenvalue weighted by atomic mass is 9.95. The van der Waals surface area contributed by atoms with Crippen molar-refractivity contribution in [3.8, 4) is 27.5 Å². The van der Waals surface area contributed by atoms with E-state index in [2.05, 4.69) is 45.7 Å². The third kappa shape index (κ3) is 4.72. The lowest BCUT2D eigenvalue weighted by Gasteiger charge is -2.14. The Hall–Kier alpha value is -4.05. The molecule has 3 heterocycles. The second-order valence-electron chi connectivity index (χ2n) is 8.80. The van der Waals surface area contributed by atoms with E-state index in [0.29, 0.717) is 11.2 Å². The van der Waals surface area contributed by atoms with Crippen molar-refractivity contribution in [3.05, 3.63) is 59.4 Å². The van der Waals surface area contributed by atoms with Crippen LogP contribution in [0.15, 0.2) is 47.8 Å². The molecule has 1 aliphatic rings. The number of aromatic nitrogens is 4. The summed E-state index contributed by atoms with van der Waals surface area (Å²) in [5.74, 6) is 0.699. The summed E-state index contributed by atoms with van der Waals surface area (Å²) in [5.41, 5.74) is 6.82. The van der Waals surface area contributed by atoms with Gasteiger partial charge in [-0.3, -0.25) is 4.79 Å². The summed E-state index contributed by atoms with van der Waals surface area (Å²) in [4.78, 5) is 26.8. The molecule has 5 rings (SSSR count). The van der Waals surface area contributed by atoms with E-state index in [-0.39, 0.29) is 5.91 Å². The molecule has 0 saturated carbocycles. The van der Waals surface area contributed by atoms with Gasteiger partial charge in [0.25, 0.3) is 0 Å². The number of rotatable bonds is 7. The molecule has 0 saturated heterocycles. The molecule has 1 aliphatic carbocycles. The molecule has 0 spiro atoms. The van der Waals surface area contributed by atoms with Crippen molar-refractivity contribution in [1.29, 1.82) is 0 Å². The summed E-state index contributed by atoms with van der Waals surface area (Å²) < 4.78 is 1.97. The van der Waals surface area contributed by atoms with Crippen LogP contribution in [-0.4, -0.2) is 45.0 Å². The number of amides is 1. The van der Waals surface area contributed by atoms with Crippen LogP contribution in [0.2, 0.25) is 0 Å². The minimum Gasteiger partial charge on any atom is -0.399 e. The van der Waals surface area contributed by atoms with Gasteiger partial charge >= 0.3 is 0 Å². The number of fused-ring (bicyclic) bond motifs is 3. The van der Waals surface area contributed by atoms with Crippen LogP contribution in [0.1, 0.15) is 37.6 Å². The van der Waals surface area contributed by atoms with E-state index in [9.17, 15) is 4.79 Å². The zero-order valence-electron chi connectivity index (χ0n) is 20.6. The van der Waals surface area contributed by atoms with Crippen molar-refractivity contribution in [2.24, 2.45) is 5.16 Å². The molecule has 1 aromatic carbocycles. The Morgan fingerprint density at radius 3 is 2.67 bits per heavy atom. The maximum atomic E-state index is 11.7. The van der Waals surface area contributed by atoms with Gasteiger partial charge in [-0.2, -0.15) is 5.10 Å². The molecule has 184 valence electrons. The number of nitrogens with zero attached hydrogens (tertiary/aromatic N) is 5. The van der Waals surface area contributed by atoms with Crippen LogP contribution in [0, 0.1) is 0 Å². The van der Waals surface area contributed by atoms with Gasteiger partial charge in [-0.05, 0) is 56.5 Å². The Balaban J connectivity index is 1.63. The lowest BCUT2D eigenvalue weighted by Crippen LogP contribution is -2.10. The molecule has 9 nitrogen and oxygen atoms in total. The fourth-order valence-corrected chi connectivity index (χ4v) is 5.34. The first-order valence-electron chi connectivity index (χ1n) is 11.7. The third-order valence-corrected chi connectivity index (χ3v) is 6.73. The summed E-state index contributed by atoms with van der Waals surface area (Å²) >= 11 is 1.48. The topological polar surface area (TPSA) is 106 Å². The van der Waals surface area contributed by atoms with Crippen LogP contribution in [0.3, 0.4) is 0 Å². The molecule has 2 N–H and O–H groups in total. The van der Waals surface area contributed by atoms with E-state index in [0.717, 1.165) is 63.0 Å². The molecule has 36 heavy (non-hydrogen) atoms. The highest BCUT2D eigenvalue weighted by Crippen LogP contribution is 2.44. The zero-order chi connectivity index (χ0) is 25.2. The molecule has 0 radical (unpaired) electrons. The average molecular weight is 502 g/mol. The number of thiazole rings is 1. The monoisotopic (exact) mass is 501 g/mol. The van der Waals surface area contributed by atoms with Gasteiger partial charge < -0.3 is 15.5 Å². The number of hydrogen-bond donors (Lipinski definition) is 2. The Morgan fingerprint density at radius 1 is 1.19 bits per heavy atom. The molecule has 3 aromatic heterocycles. The van der Waals surface area contributed by atoms with Crippen LogP contribution in [0.25, 0.3) is 27.5 Å². The quantitative estimate of drug-likeness (QED) is 0.275. The van der Waals surface area contributed by atoms with Crippen LogP contribution in [0.5, 0.6) is 0 Å². The summed E-state index contributed by atoms with van der Waals surface area (Å²) in [6, 6.07) is 12.3. The van der Waals surface area contributed by atoms with E-state index in [4.69, 9.17) is 9.94 Å². The van der Waals surface area contributed by atoms with E-state index >= 15 is 0 Å². The van der Waals surface area contributed by atoms with Crippen LogP contribution in [0.4, 0.5) is 10.9 Å². The van der Waals surface area contributed by atoms with Gasteiger partial charge in [-0.25, -0.2) is 14.6 Å². The van der Waals surface area contributed by atoms with Gasteiger partial charge in [0.1, 0.15) is 12.9 Å². The summed E-state index contributed by atoms with van der Waals surface area (Å²) in [5, 5.41) is 15.7. The van der Waals surface area contributed by atoms with Crippen molar-refractivity contribution < 1.29 is 9.63 Å². The summed E-state index contributed by atoms with van der Waals surface area (Å²) in [7, 11) is 1.52. The lowest BCUT2D eigenvalue weighted by molar-refractivity contribution is -0.114. The molecule has 4 aromatic rings. The number of benzene rings is 1. The highest BCUT2D eigenvalue weighted by molar-refractivity contribution is 7.19. The van der Waals surface area contributed by atoms with E-state index in [1.54, 1.807) is 6.21 Å². The number of oxime groups is 1. The molecular formula is C26H27N7O2S. The van der Waals surface area contributed by atoms with Crippen molar-refractivity contribution in [2.45, 2.75) is 39.7 Å². The Bertz CT molecular complexity index is 1420. The molecule has 0 unspecified atom stereocenters. The first kappa shape index (κ1) is 23.7. The number of pyridine rings is 1. The van der Waals surface area contributed by atoms with Crippen molar-refractivity contribution in [1.82, 2.24) is 19.7 Å². The first-order valence-corrected chi connectivity index (χ1v) is 12.5. The maximum Gasteiger partial charge on any atom is 0.223 e. The van der Waals surface area contributed by atoms with Gasteiger partial charge in [0.15, 0.2) is 5.13 Å². The van der Waals surface area contributed by atoms with Gasteiger partial charge in [0.2, 0.25) is 5.91 Å². The van der Waals surface area contributed by atoms with Gasteiger partial charge in [-0.15, -0.1) is 0 Å². The number of aryl methyl sites for hydroxylation is 1. The standard InChI is InChI=1S/C26H27N7O2S/c1-15(2)29-22-12-7-18(14-27-22)23-20-10-11-21-25(36-26(31-21)30-16(3)34)24(20)33(32-23)19-8-5-17(6-9-19)13-28-35-4/h5-9,12-15H,10-11H2,1-4H3,(H,27,29)(H,30,31,34)/b28-13+. The summed E-state index contributed by atoms with van der Waals surface area (Å²) in [6.07, 6.45) is 5.11. The number of carbonyl (C=O) groups excluding carboxylic acids is 1. The Morgan fingerprint density at radius 2 is 2.00 bits per heavy atom. The highest BCUT2D eigenvalue weighted by atomic mass is 32.1. The Kier molecular flexibility index (Phi) is 6.51. The second-order valence-corrected chi connectivity index (χ2v) is 9.80. The van der Waals surface area contributed by atoms with E-state index in [1.807, 2.05) is 41.2 Å². The average Bonchev–Trinajstić information content (AvgIpc) is 3.44. The normalized spacial score (nSPS) is 12.5. The van der Waals surface area contributed by atoms with Gasteiger partial charge in [0, 0.05) is 30.3 Å². The predicted octanol–water partition coefficient (Wildman–Crippen LogP) is 4.92. The minimum absolute atomic E-state index is 0.134. The first-order chi connectivity index (χ1) is 17.4. The number of anilines is 2. The Labute approximate surface area is 213 Å². The largest absolute Gasteiger partial charge is 0.399 e. The fourth-order valence-electron chi connectivity index (χ4n) is 4.22. The van der Waals surface area contributed by atoms with Crippen molar-refractivity contribution in [2.75, 3.05) is 17.7 Å². The molecule has 0 atom stereocenters. The minimum atomic E-state index is -0.134. The fraction of sp³-hybridized carbons (Fsp3) is 0.269. The molecule has 1 amide bonds. The third-order valence-electron chi connectivity index (χ3n) is 5.71. The number of carbonyl (C=O) groups is 1. The van der Waals surface area contributed by atoms with Crippen molar-refractivity contribution in [3.63, 3.8) is 0 Å². The smallest absolute Gasteiger partial charge is 0.223 e. The SMILES string of the molecule is CO/N=C/c1ccc(-n2nc(-c3ccc(NC(C)C)nc3)c3c2-c2sc(NC(C)=O)nc2CC3)cc1. The highest BCUT2D eigenvalue weighted by Gasteiger charge is 2.30.